The zero-order valence-electron chi connectivity index (χ0n) is 12.0. The molecule has 0 bridgehead atoms. The summed E-state index contributed by atoms with van der Waals surface area (Å²) >= 11 is 0. The van der Waals surface area contributed by atoms with E-state index in [1.807, 2.05) is 0 Å². The molecule has 1 fully saturated rings. The van der Waals surface area contributed by atoms with Gasteiger partial charge in [-0.1, -0.05) is 39.0 Å². The van der Waals surface area contributed by atoms with Gasteiger partial charge >= 0.3 is 12.0 Å². The average Bonchev–Trinajstić information content (AvgIpc) is 2.31. The van der Waals surface area contributed by atoms with Gasteiger partial charge in [0.1, 0.15) is 0 Å². The van der Waals surface area contributed by atoms with Gasteiger partial charge in [-0.05, 0) is 12.8 Å². The van der Waals surface area contributed by atoms with Crippen molar-refractivity contribution in [1.82, 2.24) is 10.2 Å². The second-order valence-electron chi connectivity index (χ2n) is 5.61. The second kappa shape index (κ2) is 8.02. The number of carbonyl (C=O) groups excluding carboxylic acids is 1. The lowest BCUT2D eigenvalue weighted by Crippen LogP contribution is -2.45. The van der Waals surface area contributed by atoms with E-state index in [0.29, 0.717) is 0 Å². The van der Waals surface area contributed by atoms with Crippen molar-refractivity contribution in [2.24, 2.45) is 5.92 Å². The smallest absolute Gasteiger partial charge is 0.317 e. The van der Waals surface area contributed by atoms with Crippen LogP contribution >= 0.6 is 0 Å². The van der Waals surface area contributed by atoms with Crippen molar-refractivity contribution in [3.63, 3.8) is 0 Å². The Balaban J connectivity index is 2.37. The number of urea groups is 1. The van der Waals surface area contributed by atoms with E-state index in [0.717, 1.165) is 12.8 Å². The summed E-state index contributed by atoms with van der Waals surface area (Å²) in [6.07, 6.45) is 8.20. The van der Waals surface area contributed by atoms with Gasteiger partial charge < -0.3 is 15.3 Å². The quantitative estimate of drug-likeness (QED) is 0.824. The van der Waals surface area contributed by atoms with E-state index >= 15 is 0 Å². The summed E-state index contributed by atoms with van der Waals surface area (Å²) < 4.78 is 0. The lowest BCUT2D eigenvalue weighted by Gasteiger charge is -2.25. The van der Waals surface area contributed by atoms with Gasteiger partial charge in [-0.25, -0.2) is 4.79 Å². The van der Waals surface area contributed by atoms with Crippen LogP contribution in [0.4, 0.5) is 4.79 Å². The van der Waals surface area contributed by atoms with Crippen molar-refractivity contribution in [1.29, 1.82) is 0 Å². The van der Waals surface area contributed by atoms with Crippen LogP contribution in [0.25, 0.3) is 0 Å². The highest BCUT2D eigenvalue weighted by Gasteiger charge is 2.20. The maximum atomic E-state index is 12.0. The van der Waals surface area contributed by atoms with Crippen molar-refractivity contribution >= 4 is 12.0 Å². The van der Waals surface area contributed by atoms with Crippen molar-refractivity contribution in [3.05, 3.63) is 0 Å². The molecule has 0 aromatic carbocycles. The predicted molar refractivity (Wildman–Crippen MR) is 74.1 cm³/mol. The fourth-order valence-electron chi connectivity index (χ4n) is 2.46. The summed E-state index contributed by atoms with van der Waals surface area (Å²) in [7, 11) is 1.65. The number of aliphatic carboxylic acids is 1. The van der Waals surface area contributed by atoms with Crippen LogP contribution in [0.5, 0.6) is 0 Å². The minimum absolute atomic E-state index is 0.154. The Morgan fingerprint density at radius 3 is 2.26 bits per heavy atom. The highest BCUT2D eigenvalue weighted by atomic mass is 16.4. The fraction of sp³-hybridized carbons (Fsp3) is 0.857. The van der Waals surface area contributed by atoms with Crippen molar-refractivity contribution < 1.29 is 14.7 Å². The number of nitrogens with one attached hydrogen (secondary N) is 1. The first-order valence-electron chi connectivity index (χ1n) is 7.25. The molecule has 0 saturated heterocycles. The molecule has 0 aliphatic heterocycles. The van der Waals surface area contributed by atoms with Crippen molar-refractivity contribution in [3.8, 4) is 0 Å². The number of hydrogen-bond acceptors (Lipinski definition) is 2. The number of amides is 2. The summed E-state index contributed by atoms with van der Waals surface area (Å²) in [5.41, 5.74) is 0. The Kier molecular flexibility index (Phi) is 6.67. The molecule has 1 atom stereocenters. The maximum absolute atomic E-state index is 12.0. The maximum Gasteiger partial charge on any atom is 0.317 e. The summed E-state index contributed by atoms with van der Waals surface area (Å²) in [5, 5.41) is 11.9. The Bertz CT molecular complexity index is 299. The zero-order chi connectivity index (χ0) is 14.3. The molecule has 0 heterocycles. The van der Waals surface area contributed by atoms with Gasteiger partial charge in [0.2, 0.25) is 0 Å². The molecule has 1 unspecified atom stereocenters. The van der Waals surface area contributed by atoms with Gasteiger partial charge in [0.15, 0.2) is 0 Å². The monoisotopic (exact) mass is 270 g/mol. The molecular formula is C14H26N2O3. The molecule has 1 aliphatic rings. The third-order valence-electron chi connectivity index (χ3n) is 3.75. The molecule has 1 rings (SSSR count). The van der Waals surface area contributed by atoms with E-state index in [4.69, 9.17) is 5.11 Å². The molecular weight excluding hydrogens is 244 g/mol. The first-order valence-corrected chi connectivity index (χ1v) is 7.25. The van der Waals surface area contributed by atoms with Gasteiger partial charge in [-0.15, -0.1) is 0 Å². The van der Waals surface area contributed by atoms with Crippen LogP contribution in [0.15, 0.2) is 0 Å². The summed E-state index contributed by atoms with van der Waals surface area (Å²) in [6, 6.07) is 0.0917. The number of carbonyl (C=O) groups is 2. The van der Waals surface area contributed by atoms with Gasteiger partial charge in [0.25, 0.3) is 0 Å². The molecule has 110 valence electrons. The zero-order valence-corrected chi connectivity index (χ0v) is 12.0. The minimum atomic E-state index is -0.870. The largest absolute Gasteiger partial charge is 0.481 e. The average molecular weight is 270 g/mol. The third-order valence-corrected chi connectivity index (χ3v) is 3.75. The molecule has 0 radical (unpaired) electrons. The van der Waals surface area contributed by atoms with E-state index < -0.39 is 11.9 Å². The number of carboxylic acids is 1. The molecule has 5 nitrogen and oxygen atoms in total. The lowest BCUT2D eigenvalue weighted by atomic mass is 9.97. The lowest BCUT2D eigenvalue weighted by molar-refractivity contribution is -0.141. The van der Waals surface area contributed by atoms with E-state index in [1.54, 1.807) is 14.0 Å². The molecule has 0 aromatic heterocycles. The van der Waals surface area contributed by atoms with E-state index in [9.17, 15) is 9.59 Å². The minimum Gasteiger partial charge on any atom is -0.481 e. The van der Waals surface area contributed by atoms with Crippen molar-refractivity contribution in [2.75, 3.05) is 13.6 Å². The molecule has 19 heavy (non-hydrogen) atoms. The molecule has 2 amide bonds. The van der Waals surface area contributed by atoms with Crippen LogP contribution in [0, 0.1) is 5.92 Å². The van der Waals surface area contributed by atoms with Crippen LogP contribution in [-0.4, -0.2) is 41.6 Å². The Hall–Kier alpha value is -1.26. The van der Waals surface area contributed by atoms with Gasteiger partial charge in [0.05, 0.1) is 5.92 Å². The third kappa shape index (κ3) is 5.94. The summed E-state index contributed by atoms with van der Waals surface area (Å²) in [6.45, 7) is 1.86. The molecule has 0 spiro atoms. The SMILES string of the molecule is CC(CN(C)C(=O)NC1CCCCCCC1)C(=O)O. The number of carboxylic acid groups (broad SMARTS) is 1. The van der Waals surface area contributed by atoms with Crippen LogP contribution in [0.2, 0.25) is 0 Å². The molecule has 0 aromatic rings. The first kappa shape index (κ1) is 15.8. The Morgan fingerprint density at radius 1 is 1.21 bits per heavy atom. The van der Waals surface area contributed by atoms with Crippen LogP contribution in [0.3, 0.4) is 0 Å². The molecule has 1 saturated carbocycles. The van der Waals surface area contributed by atoms with Crippen LogP contribution in [-0.2, 0) is 4.79 Å². The molecule has 1 aliphatic carbocycles. The predicted octanol–water partition coefficient (Wildman–Crippen LogP) is 2.46. The summed E-state index contributed by atoms with van der Waals surface area (Å²) in [5.74, 6) is -1.40. The molecule has 2 N–H and O–H groups in total. The van der Waals surface area contributed by atoms with Crippen LogP contribution < -0.4 is 5.32 Å². The fourth-order valence-corrected chi connectivity index (χ4v) is 2.46. The van der Waals surface area contributed by atoms with E-state index in [-0.39, 0.29) is 18.6 Å². The van der Waals surface area contributed by atoms with E-state index in [1.165, 1.54) is 37.0 Å². The van der Waals surface area contributed by atoms with E-state index in [2.05, 4.69) is 5.32 Å². The number of hydrogen-bond donors (Lipinski definition) is 2. The normalized spacial score (nSPS) is 19.1. The van der Waals surface area contributed by atoms with Gasteiger partial charge in [0, 0.05) is 19.6 Å². The highest BCUT2D eigenvalue weighted by Crippen LogP contribution is 2.17. The first-order chi connectivity index (χ1) is 9.00. The molecule has 5 heteroatoms. The topological polar surface area (TPSA) is 69.6 Å². The Labute approximate surface area is 115 Å². The highest BCUT2D eigenvalue weighted by molar-refractivity contribution is 5.75. The summed E-state index contributed by atoms with van der Waals surface area (Å²) in [4.78, 5) is 24.2. The second-order valence-corrected chi connectivity index (χ2v) is 5.61. The van der Waals surface area contributed by atoms with Gasteiger partial charge in [-0.2, -0.15) is 0 Å². The number of nitrogens with zero attached hydrogens (tertiary/aromatic N) is 1. The Morgan fingerprint density at radius 2 is 1.74 bits per heavy atom. The van der Waals surface area contributed by atoms with Gasteiger partial charge in [-0.3, -0.25) is 4.79 Å². The number of rotatable bonds is 4. The van der Waals surface area contributed by atoms with Crippen molar-refractivity contribution in [2.45, 2.75) is 57.9 Å². The van der Waals surface area contributed by atoms with Crippen LogP contribution in [0.1, 0.15) is 51.9 Å². The standard InChI is InChI=1S/C14H26N2O3/c1-11(13(17)18)10-16(2)14(19)15-12-8-6-4-3-5-7-9-12/h11-12H,3-10H2,1-2H3,(H,15,19)(H,17,18).